The van der Waals surface area contributed by atoms with Gasteiger partial charge in [-0.3, -0.25) is 9.79 Å². The van der Waals surface area contributed by atoms with Crippen LogP contribution >= 0.6 is 24.0 Å². The van der Waals surface area contributed by atoms with Crippen LogP contribution < -0.4 is 10.2 Å². The number of carbonyl (C=O) groups excluding carboxylic acids is 1. The highest BCUT2D eigenvalue weighted by Crippen LogP contribution is 2.09. The number of nitrogens with zero attached hydrogens (tertiary/aromatic N) is 5. The molecule has 0 bridgehead atoms. The van der Waals surface area contributed by atoms with E-state index in [1.807, 2.05) is 13.0 Å². The Bertz CT molecular complexity index is 520. The number of nitrogens with one attached hydrogen (secondary N) is 1. The second kappa shape index (κ2) is 11.0. The largest absolute Gasteiger partial charge is 0.469 e. The Morgan fingerprint density at radius 3 is 2.54 bits per heavy atom. The lowest BCUT2D eigenvalue weighted by atomic mass is 10.3. The fourth-order valence-electron chi connectivity index (χ4n) is 2.35. The van der Waals surface area contributed by atoms with Gasteiger partial charge >= 0.3 is 5.97 Å². The molecule has 134 valence electrons. The summed E-state index contributed by atoms with van der Waals surface area (Å²) in [6, 6.07) is 1.82. The SMILES string of the molecule is CCNC(=NCCC(=O)OC)N1CCN(c2ncccn2)CC1.I. The lowest BCUT2D eigenvalue weighted by Crippen LogP contribution is -2.53. The Hall–Kier alpha value is -1.65. The van der Waals surface area contributed by atoms with Gasteiger partial charge < -0.3 is 19.9 Å². The zero-order valence-corrected chi connectivity index (χ0v) is 16.5. The number of ether oxygens (including phenoxy) is 1. The van der Waals surface area contributed by atoms with Crippen LogP contribution in [0.3, 0.4) is 0 Å². The van der Waals surface area contributed by atoms with Gasteiger partial charge in [-0.2, -0.15) is 0 Å². The molecule has 1 fully saturated rings. The average Bonchev–Trinajstić information content (AvgIpc) is 2.61. The van der Waals surface area contributed by atoms with Gasteiger partial charge in [-0.15, -0.1) is 24.0 Å². The third-order valence-corrected chi connectivity index (χ3v) is 3.55. The number of anilines is 1. The zero-order valence-electron chi connectivity index (χ0n) is 14.1. The molecule has 0 amide bonds. The van der Waals surface area contributed by atoms with E-state index < -0.39 is 0 Å². The number of rotatable bonds is 5. The fraction of sp³-hybridized carbons (Fsp3) is 0.600. The lowest BCUT2D eigenvalue weighted by molar-refractivity contribution is -0.140. The standard InChI is InChI=1S/C15H24N6O2.HI/c1-3-16-14(19-8-5-13(22)23-2)20-9-11-21(12-10-20)15-17-6-4-7-18-15;/h4,6-7H,3,5,8-12H2,1-2H3,(H,16,19);1H. The summed E-state index contributed by atoms with van der Waals surface area (Å²) in [6.45, 7) is 6.60. The molecular formula is C15H25IN6O2. The normalized spacial score (nSPS) is 14.8. The first-order valence-corrected chi connectivity index (χ1v) is 7.86. The highest BCUT2D eigenvalue weighted by Gasteiger charge is 2.21. The van der Waals surface area contributed by atoms with Crippen molar-refractivity contribution in [2.75, 3.05) is 51.3 Å². The molecule has 8 nitrogen and oxygen atoms in total. The number of guanidine groups is 1. The number of hydrogen-bond donors (Lipinski definition) is 1. The second-order valence-corrected chi connectivity index (χ2v) is 5.08. The second-order valence-electron chi connectivity index (χ2n) is 5.08. The summed E-state index contributed by atoms with van der Waals surface area (Å²) >= 11 is 0. The van der Waals surface area contributed by atoms with Gasteiger partial charge in [-0.25, -0.2) is 9.97 Å². The molecule has 0 radical (unpaired) electrons. The predicted molar refractivity (Wildman–Crippen MR) is 104 cm³/mol. The van der Waals surface area contributed by atoms with Crippen molar-refractivity contribution >= 4 is 41.9 Å². The van der Waals surface area contributed by atoms with Crippen molar-refractivity contribution in [3.05, 3.63) is 18.5 Å². The first kappa shape index (κ1) is 20.4. The van der Waals surface area contributed by atoms with Crippen molar-refractivity contribution in [2.45, 2.75) is 13.3 Å². The van der Waals surface area contributed by atoms with Gasteiger partial charge in [-0.05, 0) is 13.0 Å². The minimum Gasteiger partial charge on any atom is -0.469 e. The van der Waals surface area contributed by atoms with Gasteiger partial charge in [0.25, 0.3) is 0 Å². The molecule has 0 spiro atoms. The van der Waals surface area contributed by atoms with Crippen molar-refractivity contribution < 1.29 is 9.53 Å². The van der Waals surface area contributed by atoms with E-state index >= 15 is 0 Å². The number of methoxy groups -OCH3 is 1. The summed E-state index contributed by atoms with van der Waals surface area (Å²) < 4.78 is 4.64. The maximum absolute atomic E-state index is 11.2. The van der Waals surface area contributed by atoms with Crippen LogP contribution in [0.5, 0.6) is 0 Å². The Balaban J connectivity index is 0.00000288. The first-order valence-electron chi connectivity index (χ1n) is 7.86. The van der Waals surface area contributed by atoms with Crippen LogP contribution in [0.25, 0.3) is 0 Å². The smallest absolute Gasteiger partial charge is 0.307 e. The van der Waals surface area contributed by atoms with E-state index in [9.17, 15) is 4.79 Å². The minimum absolute atomic E-state index is 0. The van der Waals surface area contributed by atoms with Crippen LogP contribution in [0.2, 0.25) is 0 Å². The monoisotopic (exact) mass is 448 g/mol. The summed E-state index contributed by atoms with van der Waals surface area (Å²) in [7, 11) is 1.39. The van der Waals surface area contributed by atoms with E-state index in [1.54, 1.807) is 12.4 Å². The summed E-state index contributed by atoms with van der Waals surface area (Å²) in [4.78, 5) is 28.6. The average molecular weight is 448 g/mol. The van der Waals surface area contributed by atoms with E-state index in [0.717, 1.165) is 44.6 Å². The van der Waals surface area contributed by atoms with E-state index in [4.69, 9.17) is 0 Å². The molecule has 0 unspecified atom stereocenters. The Labute approximate surface area is 159 Å². The number of carbonyl (C=O) groups is 1. The molecule has 1 N–H and O–H groups in total. The molecular weight excluding hydrogens is 423 g/mol. The van der Waals surface area contributed by atoms with Crippen LogP contribution in [0, 0.1) is 0 Å². The van der Waals surface area contributed by atoms with Crippen molar-refractivity contribution in [3.8, 4) is 0 Å². The van der Waals surface area contributed by atoms with Crippen LogP contribution in [-0.4, -0.2) is 73.2 Å². The Morgan fingerprint density at radius 2 is 1.96 bits per heavy atom. The van der Waals surface area contributed by atoms with Crippen LogP contribution in [0.4, 0.5) is 5.95 Å². The molecule has 2 heterocycles. The molecule has 1 aromatic rings. The van der Waals surface area contributed by atoms with Crippen molar-refractivity contribution in [1.82, 2.24) is 20.2 Å². The van der Waals surface area contributed by atoms with Crippen molar-refractivity contribution in [1.29, 1.82) is 0 Å². The van der Waals surface area contributed by atoms with E-state index in [2.05, 4.69) is 34.8 Å². The van der Waals surface area contributed by atoms with Crippen molar-refractivity contribution in [3.63, 3.8) is 0 Å². The maximum atomic E-state index is 11.2. The molecule has 2 rings (SSSR count). The van der Waals surface area contributed by atoms with E-state index in [1.165, 1.54) is 7.11 Å². The third kappa shape index (κ3) is 6.10. The fourth-order valence-corrected chi connectivity index (χ4v) is 2.35. The number of halogens is 1. The highest BCUT2D eigenvalue weighted by atomic mass is 127. The number of esters is 1. The topological polar surface area (TPSA) is 83.0 Å². The van der Waals surface area contributed by atoms with Crippen molar-refractivity contribution in [2.24, 2.45) is 4.99 Å². The van der Waals surface area contributed by atoms with Gasteiger partial charge in [-0.1, -0.05) is 0 Å². The Kier molecular flexibility index (Phi) is 9.35. The van der Waals surface area contributed by atoms with Crippen LogP contribution in [0.15, 0.2) is 23.5 Å². The van der Waals surface area contributed by atoms with Crippen LogP contribution in [0.1, 0.15) is 13.3 Å². The maximum Gasteiger partial charge on any atom is 0.307 e. The predicted octanol–water partition coefficient (Wildman–Crippen LogP) is 0.745. The zero-order chi connectivity index (χ0) is 16.5. The lowest BCUT2D eigenvalue weighted by Gasteiger charge is -2.36. The summed E-state index contributed by atoms with van der Waals surface area (Å²) in [5.74, 6) is 1.36. The number of aliphatic imine (C=N–C) groups is 1. The first-order chi connectivity index (χ1) is 11.2. The van der Waals surface area contributed by atoms with Gasteiger partial charge in [0.2, 0.25) is 5.95 Å². The van der Waals surface area contributed by atoms with E-state index in [0.29, 0.717) is 13.0 Å². The molecule has 9 heteroatoms. The van der Waals surface area contributed by atoms with Gasteiger partial charge in [0.15, 0.2) is 5.96 Å². The number of piperazine rings is 1. The quantitative estimate of drug-likeness (QED) is 0.308. The molecule has 0 aromatic carbocycles. The minimum atomic E-state index is -0.240. The molecule has 0 aliphatic carbocycles. The third-order valence-electron chi connectivity index (χ3n) is 3.55. The number of hydrogen-bond acceptors (Lipinski definition) is 6. The molecule has 24 heavy (non-hydrogen) atoms. The molecule has 1 aromatic heterocycles. The molecule has 1 aliphatic rings. The summed E-state index contributed by atoms with van der Waals surface area (Å²) in [6.07, 6.45) is 3.81. The number of aromatic nitrogens is 2. The van der Waals surface area contributed by atoms with Gasteiger partial charge in [0.1, 0.15) is 0 Å². The molecule has 0 saturated carbocycles. The summed E-state index contributed by atoms with van der Waals surface area (Å²) in [5.41, 5.74) is 0. The van der Waals surface area contributed by atoms with Gasteiger partial charge in [0, 0.05) is 45.1 Å². The molecule has 1 aliphatic heterocycles. The van der Waals surface area contributed by atoms with E-state index in [-0.39, 0.29) is 29.9 Å². The summed E-state index contributed by atoms with van der Waals surface area (Å²) in [5, 5.41) is 3.27. The molecule has 1 saturated heterocycles. The Morgan fingerprint density at radius 1 is 1.29 bits per heavy atom. The highest BCUT2D eigenvalue weighted by molar-refractivity contribution is 14.0. The van der Waals surface area contributed by atoms with Crippen LogP contribution in [-0.2, 0) is 9.53 Å². The van der Waals surface area contributed by atoms with Gasteiger partial charge in [0.05, 0.1) is 20.1 Å². The molecule has 0 atom stereocenters.